The van der Waals surface area contributed by atoms with Crippen molar-refractivity contribution in [2.75, 3.05) is 0 Å². The molecule has 0 spiro atoms. The largest absolute Gasteiger partial charge is 0.302 e. The van der Waals surface area contributed by atoms with Crippen molar-refractivity contribution < 1.29 is 18.0 Å². The van der Waals surface area contributed by atoms with Crippen LogP contribution in [0.15, 0.2) is 12.1 Å². The maximum Gasteiger partial charge on any atom is 0.194 e. The number of halogens is 3. The van der Waals surface area contributed by atoms with E-state index in [1.54, 1.807) is 20.8 Å². The third-order valence-corrected chi connectivity index (χ3v) is 3.15. The van der Waals surface area contributed by atoms with Crippen molar-refractivity contribution in [3.63, 3.8) is 0 Å². The number of carbonyl (C=O) groups excluding carboxylic acids is 1. The Hall–Kier alpha value is -1.36. The Balaban J connectivity index is 3.11. The van der Waals surface area contributed by atoms with E-state index in [-0.39, 0.29) is 23.3 Å². The van der Waals surface area contributed by atoms with E-state index < -0.39 is 28.9 Å². The molecule has 1 aromatic carbocycles. The Morgan fingerprint density at radius 3 is 1.86 bits per heavy atom. The number of carbonyl (C=O) groups is 1. The van der Waals surface area contributed by atoms with Gasteiger partial charge in [0.25, 0.3) is 0 Å². The van der Waals surface area contributed by atoms with Crippen LogP contribution < -0.4 is 5.32 Å². The Labute approximate surface area is 130 Å². The van der Waals surface area contributed by atoms with Crippen molar-refractivity contribution in [3.05, 3.63) is 35.1 Å². The van der Waals surface area contributed by atoms with E-state index >= 15 is 0 Å². The lowest BCUT2D eigenvalue weighted by molar-refractivity contribution is -0.128. The molecule has 0 saturated carbocycles. The summed E-state index contributed by atoms with van der Waals surface area (Å²) < 4.78 is 39.7. The normalized spacial score (nSPS) is 14.0. The molecule has 1 N–H and O–H groups in total. The lowest BCUT2D eigenvalue weighted by Crippen LogP contribution is -2.51. The highest BCUT2D eigenvalue weighted by Gasteiger charge is 2.32. The van der Waals surface area contributed by atoms with Crippen LogP contribution in [0.5, 0.6) is 0 Å². The van der Waals surface area contributed by atoms with Crippen LogP contribution in [-0.2, 0) is 11.2 Å². The molecule has 0 radical (unpaired) electrons. The molecule has 1 rings (SSSR count). The fourth-order valence-electron chi connectivity index (χ4n) is 2.22. The number of rotatable bonds is 4. The fraction of sp³-hybridized carbons (Fsp3) is 0.588. The number of benzene rings is 1. The van der Waals surface area contributed by atoms with Crippen LogP contribution in [0.2, 0.25) is 0 Å². The van der Waals surface area contributed by atoms with Crippen LogP contribution in [0.25, 0.3) is 0 Å². The standard InChI is InChI=1S/C17H24F3NO/c1-16(2,3)15(22)13(21-17(4,5)6)9-10-7-11(18)14(20)12(19)8-10/h7-8,13,21H,9H2,1-6H3/t13-/m0/s1. The predicted molar refractivity (Wildman–Crippen MR) is 81.2 cm³/mol. The second kappa shape index (κ2) is 6.41. The van der Waals surface area contributed by atoms with Gasteiger partial charge in [-0.3, -0.25) is 4.79 Å². The zero-order chi connectivity index (χ0) is 17.3. The van der Waals surface area contributed by atoms with Gasteiger partial charge >= 0.3 is 0 Å². The highest BCUT2D eigenvalue weighted by atomic mass is 19.2. The summed E-state index contributed by atoms with van der Waals surface area (Å²) in [6.45, 7) is 11.1. The number of Topliss-reactive ketones (excluding diaryl/α,β-unsaturated/α-hetero) is 1. The van der Waals surface area contributed by atoms with Gasteiger partial charge in [-0.1, -0.05) is 20.8 Å². The zero-order valence-electron chi connectivity index (χ0n) is 14.0. The highest BCUT2D eigenvalue weighted by Crippen LogP contribution is 2.22. The molecular weight excluding hydrogens is 291 g/mol. The first-order valence-electron chi connectivity index (χ1n) is 7.26. The van der Waals surface area contributed by atoms with Gasteiger partial charge in [-0.2, -0.15) is 0 Å². The van der Waals surface area contributed by atoms with Gasteiger partial charge in [0, 0.05) is 11.0 Å². The van der Waals surface area contributed by atoms with Gasteiger partial charge in [0.2, 0.25) is 0 Å². The third kappa shape index (κ3) is 5.13. The van der Waals surface area contributed by atoms with Gasteiger partial charge in [0.1, 0.15) is 0 Å². The van der Waals surface area contributed by atoms with E-state index in [0.29, 0.717) is 0 Å². The van der Waals surface area contributed by atoms with Crippen LogP contribution in [0.3, 0.4) is 0 Å². The topological polar surface area (TPSA) is 29.1 Å². The smallest absolute Gasteiger partial charge is 0.194 e. The van der Waals surface area contributed by atoms with Gasteiger partial charge in [-0.25, -0.2) is 13.2 Å². The summed E-state index contributed by atoms with van der Waals surface area (Å²) in [6.07, 6.45) is 0.0987. The minimum Gasteiger partial charge on any atom is -0.302 e. The van der Waals surface area contributed by atoms with Crippen molar-refractivity contribution in [1.82, 2.24) is 5.32 Å². The Bertz CT molecular complexity index is 533. The molecule has 1 atom stereocenters. The molecule has 0 saturated heterocycles. The van der Waals surface area contributed by atoms with E-state index in [0.717, 1.165) is 12.1 Å². The van der Waals surface area contributed by atoms with Gasteiger partial charge in [-0.05, 0) is 44.9 Å². The maximum atomic E-state index is 13.3. The molecule has 0 fully saturated rings. The number of hydrogen-bond donors (Lipinski definition) is 1. The summed E-state index contributed by atoms with van der Waals surface area (Å²) in [7, 11) is 0. The van der Waals surface area contributed by atoms with Gasteiger partial charge < -0.3 is 5.32 Å². The number of ketones is 1. The number of nitrogens with one attached hydrogen (secondary N) is 1. The van der Waals surface area contributed by atoms with E-state index in [1.807, 2.05) is 20.8 Å². The van der Waals surface area contributed by atoms with Crippen molar-refractivity contribution in [1.29, 1.82) is 0 Å². The minimum atomic E-state index is -1.49. The molecule has 0 aliphatic carbocycles. The van der Waals surface area contributed by atoms with Crippen LogP contribution in [0, 0.1) is 22.9 Å². The van der Waals surface area contributed by atoms with Gasteiger partial charge in [0.15, 0.2) is 23.2 Å². The van der Waals surface area contributed by atoms with Crippen molar-refractivity contribution in [2.24, 2.45) is 5.41 Å². The number of hydrogen-bond acceptors (Lipinski definition) is 2. The molecule has 5 heteroatoms. The van der Waals surface area contributed by atoms with E-state index in [9.17, 15) is 18.0 Å². The first kappa shape index (κ1) is 18.7. The van der Waals surface area contributed by atoms with Gasteiger partial charge in [0.05, 0.1) is 6.04 Å². The summed E-state index contributed by atoms with van der Waals surface area (Å²) in [6, 6.07) is 1.27. The van der Waals surface area contributed by atoms with Crippen LogP contribution in [-0.4, -0.2) is 17.4 Å². The molecule has 0 aliphatic heterocycles. The van der Waals surface area contributed by atoms with Crippen molar-refractivity contribution >= 4 is 5.78 Å². The molecule has 0 aliphatic rings. The Morgan fingerprint density at radius 2 is 1.50 bits per heavy atom. The molecule has 0 bridgehead atoms. The second-order valence-electron chi connectivity index (χ2n) is 7.64. The van der Waals surface area contributed by atoms with Crippen molar-refractivity contribution in [3.8, 4) is 0 Å². The second-order valence-corrected chi connectivity index (χ2v) is 7.64. The average molecular weight is 315 g/mol. The molecular formula is C17H24F3NO. The van der Waals surface area contributed by atoms with Crippen LogP contribution >= 0.6 is 0 Å². The van der Waals surface area contributed by atoms with Crippen LogP contribution in [0.1, 0.15) is 47.1 Å². The monoisotopic (exact) mass is 315 g/mol. The molecule has 0 heterocycles. The lowest BCUT2D eigenvalue weighted by atomic mass is 9.83. The average Bonchev–Trinajstić information content (AvgIpc) is 2.31. The lowest BCUT2D eigenvalue weighted by Gasteiger charge is -2.32. The first-order valence-corrected chi connectivity index (χ1v) is 7.26. The SMILES string of the molecule is CC(C)(C)N[C@@H](Cc1cc(F)c(F)c(F)c1)C(=O)C(C)(C)C. The minimum absolute atomic E-state index is 0.0624. The Kier molecular flexibility index (Phi) is 5.44. The quantitative estimate of drug-likeness (QED) is 0.850. The molecule has 2 nitrogen and oxygen atoms in total. The van der Waals surface area contributed by atoms with Crippen LogP contribution in [0.4, 0.5) is 13.2 Å². The maximum absolute atomic E-state index is 13.3. The Morgan fingerprint density at radius 1 is 1.05 bits per heavy atom. The molecule has 22 heavy (non-hydrogen) atoms. The summed E-state index contributed by atoms with van der Waals surface area (Å²) in [5.74, 6) is -4.04. The molecule has 0 unspecified atom stereocenters. The van der Waals surface area contributed by atoms with Gasteiger partial charge in [-0.15, -0.1) is 0 Å². The summed E-state index contributed by atoms with van der Waals surface area (Å²) in [5.41, 5.74) is -0.696. The molecule has 0 amide bonds. The first-order chi connectivity index (χ1) is 9.81. The van der Waals surface area contributed by atoms with Crippen molar-refractivity contribution in [2.45, 2.75) is 59.5 Å². The zero-order valence-corrected chi connectivity index (χ0v) is 14.0. The highest BCUT2D eigenvalue weighted by molar-refractivity contribution is 5.89. The van der Waals surface area contributed by atoms with E-state index in [1.165, 1.54) is 0 Å². The summed E-state index contributed by atoms with van der Waals surface area (Å²) in [4.78, 5) is 12.6. The fourth-order valence-corrected chi connectivity index (χ4v) is 2.22. The molecule has 0 aromatic heterocycles. The van der Waals surface area contributed by atoms with E-state index in [2.05, 4.69) is 5.32 Å². The predicted octanol–water partition coefficient (Wildman–Crippen LogP) is 4.02. The summed E-state index contributed by atoms with van der Waals surface area (Å²) >= 11 is 0. The third-order valence-electron chi connectivity index (χ3n) is 3.15. The summed E-state index contributed by atoms with van der Waals surface area (Å²) in [5, 5.41) is 3.18. The van der Waals surface area contributed by atoms with E-state index in [4.69, 9.17) is 0 Å². The molecule has 124 valence electrons. The molecule has 1 aromatic rings.